The smallest absolute Gasteiger partial charge is 0.169 e. The number of fused-ring (bicyclic) bond motifs is 1. The van der Waals surface area contributed by atoms with E-state index in [9.17, 15) is 4.39 Å². The van der Waals surface area contributed by atoms with Crippen molar-refractivity contribution in [3.63, 3.8) is 0 Å². The van der Waals surface area contributed by atoms with E-state index in [4.69, 9.17) is 12.7 Å². The van der Waals surface area contributed by atoms with Gasteiger partial charge in [-0.05, 0) is 6.92 Å². The third-order valence-corrected chi connectivity index (χ3v) is 1.68. The van der Waals surface area contributed by atoms with Crippen LogP contribution in [0.2, 0.25) is 0 Å². The third-order valence-electron chi connectivity index (χ3n) is 1.68. The number of alkyl halides is 1. The molecule has 2 rings (SSSR count). The maximum atomic E-state index is 9.50. The molecule has 0 unspecified atom stereocenters. The van der Waals surface area contributed by atoms with Crippen LogP contribution in [0, 0.1) is 0 Å². The van der Waals surface area contributed by atoms with E-state index in [0.29, 0.717) is 25.2 Å². The highest BCUT2D eigenvalue weighted by molar-refractivity contribution is 6.30. The Morgan fingerprint density at radius 2 is 2.31 bits per heavy atom. The minimum atomic E-state index is 0. The standard InChI is InChI=1S/C8H9BN4O.CH3F.H2/c1-2-14-12-7-5-13-4-6(9)10-3-8(13)11-7;1-2;/h3-5,12H,2H2,1H3;1H3;1H. The van der Waals surface area contributed by atoms with Crippen molar-refractivity contribution < 1.29 is 10.7 Å². The number of hydrogen-bond acceptors (Lipinski definition) is 4. The first kappa shape index (κ1) is 12.4. The van der Waals surface area contributed by atoms with Crippen LogP contribution in [0.25, 0.3) is 5.65 Å². The number of halogens is 1. The second-order valence-corrected chi connectivity index (χ2v) is 2.74. The van der Waals surface area contributed by atoms with Crippen molar-refractivity contribution in [2.75, 3.05) is 19.3 Å². The fraction of sp³-hybridized carbons (Fsp3) is 0.333. The molecule has 7 heteroatoms. The SMILES string of the molecule is CF.[B]c1cn2cc(NOCC)nc2cn1.[HH]. The number of hydrogen-bond donors (Lipinski definition) is 1. The lowest BCUT2D eigenvalue weighted by Crippen LogP contribution is -2.09. The fourth-order valence-electron chi connectivity index (χ4n) is 1.11. The number of aromatic nitrogens is 3. The van der Waals surface area contributed by atoms with Crippen LogP contribution in [-0.4, -0.2) is 36.0 Å². The van der Waals surface area contributed by atoms with E-state index in [1.165, 1.54) is 0 Å². The number of anilines is 1. The van der Waals surface area contributed by atoms with Gasteiger partial charge >= 0.3 is 0 Å². The predicted octanol–water partition coefficient (Wildman–Crippen LogP) is 0.718. The van der Waals surface area contributed by atoms with Crippen LogP contribution < -0.4 is 11.1 Å². The maximum absolute atomic E-state index is 9.50. The summed E-state index contributed by atoms with van der Waals surface area (Å²) in [4.78, 5) is 13.1. The Bertz CT molecular complexity index is 453. The summed E-state index contributed by atoms with van der Waals surface area (Å²) in [5.74, 6) is 0.638. The number of imidazole rings is 1. The Hall–Kier alpha value is -1.63. The molecular weight excluding hydrogens is 210 g/mol. The summed E-state index contributed by atoms with van der Waals surface area (Å²) in [5.41, 5.74) is 3.88. The van der Waals surface area contributed by atoms with Gasteiger partial charge in [0.15, 0.2) is 11.5 Å². The number of nitrogens with zero attached hydrogens (tertiary/aromatic N) is 3. The maximum Gasteiger partial charge on any atom is 0.169 e. The van der Waals surface area contributed by atoms with E-state index in [1.54, 1.807) is 23.0 Å². The lowest BCUT2D eigenvalue weighted by Gasteiger charge is -1.97. The normalized spacial score (nSPS) is 9.69. The van der Waals surface area contributed by atoms with Gasteiger partial charge in [0.2, 0.25) is 0 Å². The first-order valence-electron chi connectivity index (χ1n) is 4.65. The zero-order chi connectivity index (χ0) is 12.0. The summed E-state index contributed by atoms with van der Waals surface area (Å²) in [6.07, 6.45) is 5.08. The average Bonchev–Trinajstić information content (AvgIpc) is 2.71. The second-order valence-electron chi connectivity index (χ2n) is 2.74. The first-order chi connectivity index (χ1) is 7.79. The van der Waals surface area contributed by atoms with Crippen LogP contribution in [0.1, 0.15) is 8.35 Å². The van der Waals surface area contributed by atoms with Gasteiger partial charge in [-0.2, -0.15) is 0 Å². The molecule has 86 valence electrons. The molecule has 2 radical (unpaired) electrons. The number of nitrogens with one attached hydrogen (secondary N) is 1. The van der Waals surface area contributed by atoms with Crippen LogP contribution in [-0.2, 0) is 4.84 Å². The van der Waals surface area contributed by atoms with E-state index in [2.05, 4.69) is 15.4 Å². The van der Waals surface area contributed by atoms with Crippen molar-refractivity contribution in [2.45, 2.75) is 6.92 Å². The zero-order valence-electron chi connectivity index (χ0n) is 9.14. The summed E-state index contributed by atoms with van der Waals surface area (Å²) in [7, 11) is 6.02. The van der Waals surface area contributed by atoms with Gasteiger partial charge in [0.05, 0.1) is 26.2 Å². The largest absolute Gasteiger partial charge is 0.303 e. The van der Waals surface area contributed by atoms with Crippen LogP contribution in [0.3, 0.4) is 0 Å². The quantitative estimate of drug-likeness (QED) is 0.616. The Morgan fingerprint density at radius 1 is 1.56 bits per heavy atom. The van der Waals surface area contributed by atoms with Crippen LogP contribution in [0.5, 0.6) is 0 Å². The highest BCUT2D eigenvalue weighted by atomic mass is 19.1. The molecule has 16 heavy (non-hydrogen) atoms. The monoisotopic (exact) mass is 224 g/mol. The molecule has 0 atom stereocenters. The van der Waals surface area contributed by atoms with Gasteiger partial charge in [-0.25, -0.2) is 10.5 Å². The molecule has 0 bridgehead atoms. The average molecular weight is 224 g/mol. The highest BCUT2D eigenvalue weighted by Crippen LogP contribution is 2.06. The van der Waals surface area contributed by atoms with Crippen molar-refractivity contribution in [1.29, 1.82) is 0 Å². The second kappa shape index (κ2) is 6.07. The summed E-state index contributed by atoms with van der Waals surface area (Å²) in [6.45, 7) is 2.47. The molecule has 0 aromatic carbocycles. The minimum Gasteiger partial charge on any atom is -0.303 e. The minimum absolute atomic E-state index is 0. The van der Waals surface area contributed by atoms with Gasteiger partial charge in [0, 0.05) is 13.2 Å². The molecule has 0 amide bonds. The molecule has 1 N–H and O–H groups in total. The lowest BCUT2D eigenvalue weighted by molar-refractivity contribution is 0.209. The van der Waals surface area contributed by atoms with Gasteiger partial charge in [0.25, 0.3) is 0 Å². The van der Waals surface area contributed by atoms with Gasteiger partial charge < -0.3 is 4.40 Å². The summed E-state index contributed by atoms with van der Waals surface area (Å²) >= 11 is 0. The molecule has 2 aromatic heterocycles. The summed E-state index contributed by atoms with van der Waals surface area (Å²) in [5, 5.41) is 0. The predicted molar refractivity (Wildman–Crippen MR) is 62.8 cm³/mol. The van der Waals surface area contributed by atoms with Crippen molar-refractivity contribution in [3.05, 3.63) is 18.6 Å². The molecule has 0 aliphatic heterocycles. The van der Waals surface area contributed by atoms with E-state index in [1.807, 2.05) is 6.92 Å². The van der Waals surface area contributed by atoms with E-state index in [-0.39, 0.29) is 1.43 Å². The first-order valence-corrected chi connectivity index (χ1v) is 4.65. The zero-order valence-corrected chi connectivity index (χ0v) is 9.14. The van der Waals surface area contributed by atoms with Crippen molar-refractivity contribution >= 4 is 24.9 Å². The van der Waals surface area contributed by atoms with E-state index >= 15 is 0 Å². The van der Waals surface area contributed by atoms with Crippen LogP contribution in [0.4, 0.5) is 10.2 Å². The van der Waals surface area contributed by atoms with E-state index < -0.39 is 0 Å². The molecule has 2 heterocycles. The van der Waals surface area contributed by atoms with Gasteiger partial charge in [0.1, 0.15) is 7.85 Å². The highest BCUT2D eigenvalue weighted by Gasteiger charge is 2.00. The lowest BCUT2D eigenvalue weighted by atomic mass is 10.1. The summed E-state index contributed by atoms with van der Waals surface area (Å²) < 4.78 is 11.3. The van der Waals surface area contributed by atoms with Crippen molar-refractivity contribution in [1.82, 2.24) is 14.4 Å². The van der Waals surface area contributed by atoms with Crippen LogP contribution >= 0.6 is 0 Å². The van der Waals surface area contributed by atoms with Crippen LogP contribution in [0.15, 0.2) is 18.6 Å². The fourth-order valence-corrected chi connectivity index (χ4v) is 1.11. The van der Waals surface area contributed by atoms with Crippen molar-refractivity contribution in [3.8, 4) is 0 Å². The Morgan fingerprint density at radius 3 is 3.00 bits per heavy atom. The molecule has 0 aliphatic rings. The molecular formula is C9H14BFN4O. The molecule has 0 saturated heterocycles. The molecule has 0 aliphatic carbocycles. The Kier molecular flexibility index (Phi) is 4.72. The Balaban J connectivity index is 0.000000811. The van der Waals surface area contributed by atoms with Gasteiger partial charge in [-0.3, -0.25) is 14.2 Å². The topological polar surface area (TPSA) is 51.5 Å². The molecule has 5 nitrogen and oxygen atoms in total. The Labute approximate surface area is 95.5 Å². The molecule has 0 fully saturated rings. The molecule has 0 spiro atoms. The third kappa shape index (κ3) is 2.93. The van der Waals surface area contributed by atoms with Gasteiger partial charge in [-0.1, -0.05) is 0 Å². The molecule has 2 aromatic rings. The van der Waals surface area contributed by atoms with E-state index in [0.717, 1.165) is 5.65 Å². The number of rotatable bonds is 3. The van der Waals surface area contributed by atoms with Crippen molar-refractivity contribution in [2.24, 2.45) is 0 Å². The van der Waals surface area contributed by atoms with Gasteiger partial charge in [-0.15, -0.1) is 0 Å². The summed E-state index contributed by atoms with van der Waals surface area (Å²) in [6, 6.07) is 0. The molecule has 0 saturated carbocycles.